The fraction of sp³-hybridized carbons (Fsp3) is 0.417. The Bertz CT molecular complexity index is 483. The largest absolute Gasteiger partial charge is 0.369 e. The molecule has 1 N–H and O–H groups in total. The molecule has 0 saturated carbocycles. The fourth-order valence-corrected chi connectivity index (χ4v) is 1.27. The number of amides is 1. The van der Waals surface area contributed by atoms with E-state index in [1.54, 1.807) is 20.8 Å². The molecular formula is C12H16N2O4. The van der Waals surface area contributed by atoms with Crippen LogP contribution < -0.4 is 5.32 Å². The van der Waals surface area contributed by atoms with Crippen LogP contribution >= 0.6 is 0 Å². The Balaban J connectivity index is 2.93. The number of ether oxygens (including phenoxy) is 1. The quantitative estimate of drug-likeness (QED) is 0.658. The minimum atomic E-state index is -0.950. The van der Waals surface area contributed by atoms with Crippen LogP contribution in [0.4, 0.5) is 11.4 Å². The molecule has 0 bridgehead atoms. The molecule has 0 saturated heterocycles. The number of hydrogen-bond acceptors (Lipinski definition) is 4. The zero-order valence-corrected chi connectivity index (χ0v) is 10.8. The van der Waals surface area contributed by atoms with Crippen molar-refractivity contribution >= 4 is 17.3 Å². The van der Waals surface area contributed by atoms with Crippen molar-refractivity contribution in [2.24, 2.45) is 0 Å². The smallest absolute Gasteiger partial charge is 0.269 e. The summed E-state index contributed by atoms with van der Waals surface area (Å²) in [4.78, 5) is 22.0. The van der Waals surface area contributed by atoms with Crippen LogP contribution in [-0.2, 0) is 9.53 Å². The van der Waals surface area contributed by atoms with Gasteiger partial charge in [0.25, 0.3) is 11.6 Å². The molecule has 0 heterocycles. The minimum absolute atomic E-state index is 0.00324. The summed E-state index contributed by atoms with van der Waals surface area (Å²) in [5.74, 6) is -0.304. The third-order valence-electron chi connectivity index (χ3n) is 2.73. The first-order valence-electron chi connectivity index (χ1n) is 5.39. The van der Waals surface area contributed by atoms with E-state index in [1.807, 2.05) is 0 Å². The second-order valence-electron chi connectivity index (χ2n) is 4.42. The van der Waals surface area contributed by atoms with E-state index in [4.69, 9.17) is 4.74 Å². The van der Waals surface area contributed by atoms with E-state index in [-0.39, 0.29) is 11.6 Å². The maximum absolute atomic E-state index is 11.9. The molecule has 0 aliphatic heterocycles. The number of carbonyl (C=O) groups is 1. The second kappa shape index (κ2) is 5.14. The van der Waals surface area contributed by atoms with Gasteiger partial charge in [-0.2, -0.15) is 0 Å². The van der Waals surface area contributed by atoms with Crippen LogP contribution in [0.1, 0.15) is 19.4 Å². The molecule has 18 heavy (non-hydrogen) atoms. The van der Waals surface area contributed by atoms with Crippen molar-refractivity contribution in [1.82, 2.24) is 0 Å². The highest BCUT2D eigenvalue weighted by atomic mass is 16.6. The standard InChI is InChI=1S/C12H16N2O4/c1-8-7-9(14(16)17)5-6-10(8)13-11(15)12(2,3)18-4/h5-7H,1-4H3,(H,13,15). The zero-order valence-electron chi connectivity index (χ0n) is 10.8. The summed E-state index contributed by atoms with van der Waals surface area (Å²) in [5, 5.41) is 13.3. The topological polar surface area (TPSA) is 81.5 Å². The van der Waals surface area contributed by atoms with Crippen molar-refractivity contribution in [2.45, 2.75) is 26.4 Å². The van der Waals surface area contributed by atoms with Crippen LogP contribution in [0.25, 0.3) is 0 Å². The first kappa shape index (κ1) is 14.1. The molecule has 0 aliphatic rings. The molecule has 1 amide bonds. The van der Waals surface area contributed by atoms with Crippen molar-refractivity contribution in [2.75, 3.05) is 12.4 Å². The van der Waals surface area contributed by atoms with Crippen LogP contribution in [0, 0.1) is 17.0 Å². The average molecular weight is 252 g/mol. The predicted octanol–water partition coefficient (Wildman–Crippen LogP) is 2.27. The van der Waals surface area contributed by atoms with Crippen LogP contribution in [0.5, 0.6) is 0 Å². The molecule has 1 aromatic carbocycles. The summed E-state index contributed by atoms with van der Waals surface area (Å²) in [6.45, 7) is 4.98. The average Bonchev–Trinajstić information content (AvgIpc) is 2.31. The van der Waals surface area contributed by atoms with Crippen molar-refractivity contribution in [3.8, 4) is 0 Å². The number of nitrogens with one attached hydrogen (secondary N) is 1. The number of rotatable bonds is 4. The van der Waals surface area contributed by atoms with E-state index < -0.39 is 10.5 Å². The van der Waals surface area contributed by atoms with Gasteiger partial charge in [0, 0.05) is 24.9 Å². The summed E-state index contributed by atoms with van der Waals surface area (Å²) in [6, 6.07) is 4.27. The summed E-state index contributed by atoms with van der Waals surface area (Å²) < 4.78 is 5.05. The van der Waals surface area contributed by atoms with Gasteiger partial charge in [-0.05, 0) is 32.4 Å². The number of hydrogen-bond donors (Lipinski definition) is 1. The maximum Gasteiger partial charge on any atom is 0.269 e. The summed E-state index contributed by atoms with van der Waals surface area (Å²) >= 11 is 0. The van der Waals surface area contributed by atoms with Crippen molar-refractivity contribution in [3.05, 3.63) is 33.9 Å². The second-order valence-corrected chi connectivity index (χ2v) is 4.42. The van der Waals surface area contributed by atoms with E-state index in [0.29, 0.717) is 11.3 Å². The number of non-ortho nitro benzene ring substituents is 1. The molecule has 1 aromatic rings. The predicted molar refractivity (Wildman–Crippen MR) is 67.6 cm³/mol. The highest BCUT2D eigenvalue weighted by Crippen LogP contribution is 2.22. The number of carbonyl (C=O) groups excluding carboxylic acids is 1. The fourth-order valence-electron chi connectivity index (χ4n) is 1.27. The summed E-state index contributed by atoms with van der Waals surface area (Å²) in [5.41, 5.74) is 0.213. The number of aryl methyl sites for hydroxylation is 1. The monoisotopic (exact) mass is 252 g/mol. The van der Waals surface area contributed by atoms with Gasteiger partial charge in [-0.1, -0.05) is 0 Å². The highest BCUT2D eigenvalue weighted by Gasteiger charge is 2.27. The lowest BCUT2D eigenvalue weighted by Crippen LogP contribution is -2.38. The summed E-state index contributed by atoms with van der Waals surface area (Å²) in [7, 11) is 1.45. The zero-order chi connectivity index (χ0) is 13.9. The maximum atomic E-state index is 11.9. The van der Waals surface area contributed by atoms with E-state index in [0.717, 1.165) is 0 Å². The van der Waals surface area contributed by atoms with Gasteiger partial charge < -0.3 is 10.1 Å². The van der Waals surface area contributed by atoms with Crippen molar-refractivity contribution in [3.63, 3.8) is 0 Å². The Morgan fingerprint density at radius 1 is 1.44 bits per heavy atom. The van der Waals surface area contributed by atoms with Crippen LogP contribution in [0.2, 0.25) is 0 Å². The lowest BCUT2D eigenvalue weighted by Gasteiger charge is -2.22. The molecule has 0 spiro atoms. The van der Waals surface area contributed by atoms with Gasteiger partial charge in [0.15, 0.2) is 0 Å². The molecule has 1 rings (SSSR count). The van der Waals surface area contributed by atoms with Crippen LogP contribution in [0.3, 0.4) is 0 Å². The Morgan fingerprint density at radius 3 is 2.50 bits per heavy atom. The molecule has 0 aromatic heterocycles. The van der Waals surface area contributed by atoms with Crippen LogP contribution in [0.15, 0.2) is 18.2 Å². The van der Waals surface area contributed by atoms with E-state index in [2.05, 4.69) is 5.32 Å². The normalized spacial score (nSPS) is 11.1. The molecule has 0 atom stereocenters. The lowest BCUT2D eigenvalue weighted by atomic mass is 10.1. The number of nitro benzene ring substituents is 1. The Kier molecular flexibility index (Phi) is 4.03. The SMILES string of the molecule is COC(C)(C)C(=O)Nc1ccc([N+](=O)[O-])cc1C. The van der Waals surface area contributed by atoms with Gasteiger partial charge in [-0.3, -0.25) is 14.9 Å². The van der Waals surface area contributed by atoms with Gasteiger partial charge in [0.05, 0.1) is 4.92 Å². The van der Waals surface area contributed by atoms with Gasteiger partial charge >= 0.3 is 0 Å². The van der Waals surface area contributed by atoms with E-state index in [9.17, 15) is 14.9 Å². The molecule has 0 fully saturated rings. The number of anilines is 1. The highest BCUT2D eigenvalue weighted by molar-refractivity contribution is 5.97. The Hall–Kier alpha value is -1.95. The Morgan fingerprint density at radius 2 is 2.06 bits per heavy atom. The first-order chi connectivity index (χ1) is 8.27. The molecule has 0 unspecified atom stereocenters. The van der Waals surface area contributed by atoms with Gasteiger partial charge in [0.1, 0.15) is 5.60 Å². The van der Waals surface area contributed by atoms with Gasteiger partial charge in [0.2, 0.25) is 0 Å². The molecule has 6 nitrogen and oxygen atoms in total. The molecule has 0 radical (unpaired) electrons. The van der Waals surface area contributed by atoms with Crippen molar-refractivity contribution in [1.29, 1.82) is 0 Å². The first-order valence-corrected chi connectivity index (χ1v) is 5.39. The summed E-state index contributed by atoms with van der Waals surface area (Å²) in [6.07, 6.45) is 0. The number of nitrogens with zero attached hydrogens (tertiary/aromatic N) is 1. The third kappa shape index (κ3) is 3.04. The molecule has 0 aliphatic carbocycles. The lowest BCUT2D eigenvalue weighted by molar-refractivity contribution is -0.384. The third-order valence-corrected chi connectivity index (χ3v) is 2.73. The van der Waals surface area contributed by atoms with Crippen LogP contribution in [-0.4, -0.2) is 23.5 Å². The molecule has 6 heteroatoms. The van der Waals surface area contributed by atoms with Gasteiger partial charge in [-0.25, -0.2) is 0 Å². The van der Waals surface area contributed by atoms with Crippen molar-refractivity contribution < 1.29 is 14.5 Å². The number of methoxy groups -OCH3 is 1. The minimum Gasteiger partial charge on any atom is -0.369 e. The number of benzene rings is 1. The molecular weight excluding hydrogens is 236 g/mol. The molecule has 98 valence electrons. The van der Waals surface area contributed by atoms with E-state index >= 15 is 0 Å². The van der Waals surface area contributed by atoms with Gasteiger partial charge in [-0.15, -0.1) is 0 Å². The Labute approximate surface area is 105 Å². The van der Waals surface area contributed by atoms with E-state index in [1.165, 1.54) is 25.3 Å². The number of nitro groups is 1.